The zero-order chi connectivity index (χ0) is 15.1. The van der Waals surface area contributed by atoms with Crippen molar-refractivity contribution in [2.75, 3.05) is 12.4 Å². The van der Waals surface area contributed by atoms with Crippen LogP contribution < -0.4 is 5.32 Å². The lowest BCUT2D eigenvalue weighted by Gasteiger charge is -2.09. The van der Waals surface area contributed by atoms with Crippen molar-refractivity contribution in [1.29, 1.82) is 0 Å². The molecule has 0 radical (unpaired) electrons. The molecule has 0 saturated heterocycles. The predicted octanol–water partition coefficient (Wildman–Crippen LogP) is 4.72. The molecule has 0 spiro atoms. The van der Waals surface area contributed by atoms with Crippen LogP contribution >= 0.6 is 34.5 Å². The van der Waals surface area contributed by atoms with Gasteiger partial charge in [0.25, 0.3) is 0 Å². The van der Waals surface area contributed by atoms with Crippen molar-refractivity contribution in [3.63, 3.8) is 0 Å². The molecule has 108 valence electrons. The summed E-state index contributed by atoms with van der Waals surface area (Å²) in [4.78, 5) is 14.6. The Morgan fingerprint density at radius 3 is 2.48 bits per heavy atom. The average molecular weight is 339 g/mol. The van der Waals surface area contributed by atoms with Crippen LogP contribution in [0.5, 0.6) is 0 Å². The van der Waals surface area contributed by atoms with Crippen molar-refractivity contribution in [2.45, 2.75) is 13.8 Å². The van der Waals surface area contributed by atoms with Crippen molar-refractivity contribution in [3.8, 4) is 10.7 Å². The van der Waals surface area contributed by atoms with Gasteiger partial charge in [0.2, 0.25) is 0 Å². The normalized spacial score (nSPS) is 11.1. The minimum Gasteiger partial charge on any atom is -0.373 e. The van der Waals surface area contributed by atoms with E-state index in [0.717, 1.165) is 21.0 Å². The van der Waals surface area contributed by atoms with Gasteiger partial charge in [0.1, 0.15) is 5.82 Å². The van der Waals surface area contributed by atoms with Gasteiger partial charge in [-0.3, -0.25) is 0 Å². The number of halogens is 2. The number of thiazole rings is 1. The number of rotatable bonds is 2. The number of anilines is 1. The first-order valence-corrected chi connectivity index (χ1v) is 7.85. The first-order valence-electron chi connectivity index (χ1n) is 6.28. The monoisotopic (exact) mass is 338 g/mol. The van der Waals surface area contributed by atoms with Gasteiger partial charge in [0.05, 0.1) is 26.1 Å². The average Bonchev–Trinajstić information content (AvgIpc) is 2.77. The Hall–Kier alpha value is -1.43. The van der Waals surface area contributed by atoms with E-state index in [1.54, 1.807) is 17.4 Å². The molecule has 0 unspecified atom stereocenters. The summed E-state index contributed by atoms with van der Waals surface area (Å²) >= 11 is 13.9. The van der Waals surface area contributed by atoms with Gasteiger partial charge in [-0.25, -0.2) is 15.0 Å². The number of benzene rings is 1. The van der Waals surface area contributed by atoms with Crippen LogP contribution in [0.2, 0.25) is 10.0 Å². The smallest absolute Gasteiger partial charge is 0.174 e. The lowest BCUT2D eigenvalue weighted by atomic mass is 10.2. The standard InChI is InChI=1S/C14H12Cl2N4S/c1-6-12(21-7(2)18-6)14-19-11-9(13(17-3)20-14)4-8(15)5-10(11)16/h4-5H,1-3H3,(H,17,19,20). The fraction of sp³-hybridized carbons (Fsp3) is 0.214. The van der Waals surface area contributed by atoms with Crippen molar-refractivity contribution < 1.29 is 0 Å². The molecule has 0 aliphatic rings. The third-order valence-electron chi connectivity index (χ3n) is 3.06. The van der Waals surface area contributed by atoms with Gasteiger partial charge in [-0.15, -0.1) is 11.3 Å². The SMILES string of the molecule is CNc1nc(-c2sc(C)nc2C)nc2c(Cl)cc(Cl)cc12. The largest absolute Gasteiger partial charge is 0.373 e. The summed E-state index contributed by atoms with van der Waals surface area (Å²) in [6, 6.07) is 3.50. The van der Waals surface area contributed by atoms with Crippen LogP contribution in [0, 0.1) is 13.8 Å². The molecule has 0 fully saturated rings. The highest BCUT2D eigenvalue weighted by molar-refractivity contribution is 7.15. The molecule has 0 aliphatic carbocycles. The van der Waals surface area contributed by atoms with E-state index in [0.29, 0.717) is 27.2 Å². The van der Waals surface area contributed by atoms with Crippen molar-refractivity contribution in [3.05, 3.63) is 32.9 Å². The highest BCUT2D eigenvalue weighted by Crippen LogP contribution is 2.34. The molecule has 1 N–H and O–H groups in total. The third kappa shape index (κ3) is 2.57. The van der Waals surface area contributed by atoms with E-state index in [4.69, 9.17) is 23.2 Å². The van der Waals surface area contributed by atoms with Crippen LogP contribution in [-0.4, -0.2) is 22.0 Å². The highest BCUT2D eigenvalue weighted by atomic mass is 35.5. The zero-order valence-electron chi connectivity index (χ0n) is 11.7. The molecule has 21 heavy (non-hydrogen) atoms. The number of hydrogen-bond acceptors (Lipinski definition) is 5. The first-order chi connectivity index (χ1) is 9.99. The maximum Gasteiger partial charge on any atom is 0.174 e. The summed E-state index contributed by atoms with van der Waals surface area (Å²) in [6.45, 7) is 3.92. The van der Waals surface area contributed by atoms with Crippen LogP contribution in [0.4, 0.5) is 5.82 Å². The number of aromatic nitrogens is 3. The van der Waals surface area contributed by atoms with Gasteiger partial charge < -0.3 is 5.32 Å². The van der Waals surface area contributed by atoms with Crippen LogP contribution in [-0.2, 0) is 0 Å². The summed E-state index contributed by atoms with van der Waals surface area (Å²) in [7, 11) is 1.81. The Morgan fingerprint density at radius 2 is 1.86 bits per heavy atom. The molecule has 3 rings (SSSR count). The molecule has 0 amide bonds. The molecule has 7 heteroatoms. The van der Waals surface area contributed by atoms with Gasteiger partial charge in [0.15, 0.2) is 5.82 Å². The van der Waals surface area contributed by atoms with Crippen molar-refractivity contribution in [1.82, 2.24) is 15.0 Å². The van der Waals surface area contributed by atoms with Gasteiger partial charge in [-0.05, 0) is 26.0 Å². The lowest BCUT2D eigenvalue weighted by Crippen LogP contribution is -1.99. The molecule has 0 bridgehead atoms. The van der Waals surface area contributed by atoms with E-state index in [1.807, 2.05) is 27.0 Å². The molecule has 0 saturated carbocycles. The molecule has 0 atom stereocenters. The quantitative estimate of drug-likeness (QED) is 0.734. The number of nitrogens with zero attached hydrogens (tertiary/aromatic N) is 3. The number of nitrogens with one attached hydrogen (secondary N) is 1. The van der Waals surface area contributed by atoms with Crippen LogP contribution in [0.1, 0.15) is 10.7 Å². The molecule has 4 nitrogen and oxygen atoms in total. The third-order valence-corrected chi connectivity index (χ3v) is 4.64. The van der Waals surface area contributed by atoms with Gasteiger partial charge >= 0.3 is 0 Å². The van der Waals surface area contributed by atoms with E-state index < -0.39 is 0 Å². The molecule has 2 heterocycles. The maximum absolute atomic E-state index is 6.28. The maximum atomic E-state index is 6.28. The Kier molecular flexibility index (Phi) is 3.73. The fourth-order valence-electron chi connectivity index (χ4n) is 2.19. The Labute approximate surface area is 136 Å². The predicted molar refractivity (Wildman–Crippen MR) is 89.7 cm³/mol. The van der Waals surface area contributed by atoms with E-state index in [-0.39, 0.29) is 0 Å². The fourth-order valence-corrected chi connectivity index (χ4v) is 3.58. The number of hydrogen-bond donors (Lipinski definition) is 1. The second kappa shape index (κ2) is 5.40. The van der Waals surface area contributed by atoms with Gasteiger partial charge in [-0.1, -0.05) is 23.2 Å². The molecule has 1 aromatic carbocycles. The van der Waals surface area contributed by atoms with Crippen molar-refractivity contribution >= 4 is 51.3 Å². The molecular formula is C14H12Cl2N4S. The van der Waals surface area contributed by atoms with Crippen LogP contribution in [0.3, 0.4) is 0 Å². The zero-order valence-corrected chi connectivity index (χ0v) is 14.0. The Bertz CT molecular complexity index is 845. The summed E-state index contributed by atoms with van der Waals surface area (Å²) < 4.78 is 0. The van der Waals surface area contributed by atoms with Crippen molar-refractivity contribution in [2.24, 2.45) is 0 Å². The summed E-state index contributed by atoms with van der Waals surface area (Å²) in [5.41, 5.74) is 1.60. The van der Waals surface area contributed by atoms with E-state index in [1.165, 1.54) is 0 Å². The minimum atomic E-state index is 0.511. The highest BCUT2D eigenvalue weighted by Gasteiger charge is 2.15. The molecular weight excluding hydrogens is 327 g/mol. The summed E-state index contributed by atoms with van der Waals surface area (Å²) in [5, 5.41) is 5.94. The second-order valence-electron chi connectivity index (χ2n) is 4.58. The van der Waals surface area contributed by atoms with E-state index in [9.17, 15) is 0 Å². The Morgan fingerprint density at radius 1 is 1.10 bits per heavy atom. The van der Waals surface area contributed by atoms with Gasteiger partial charge in [-0.2, -0.15) is 0 Å². The van der Waals surface area contributed by atoms with E-state index >= 15 is 0 Å². The molecule has 0 aliphatic heterocycles. The number of fused-ring (bicyclic) bond motifs is 1. The lowest BCUT2D eigenvalue weighted by molar-refractivity contribution is 1.17. The van der Waals surface area contributed by atoms with E-state index in [2.05, 4.69) is 20.3 Å². The number of aryl methyl sites for hydroxylation is 2. The summed E-state index contributed by atoms with van der Waals surface area (Å²) in [5.74, 6) is 1.32. The first kappa shape index (κ1) is 14.5. The molecule has 2 aromatic heterocycles. The molecule has 3 aromatic rings. The topological polar surface area (TPSA) is 50.7 Å². The van der Waals surface area contributed by atoms with Crippen LogP contribution in [0.15, 0.2) is 12.1 Å². The minimum absolute atomic E-state index is 0.511. The van der Waals surface area contributed by atoms with Gasteiger partial charge in [0, 0.05) is 17.5 Å². The second-order valence-corrected chi connectivity index (χ2v) is 6.62. The summed E-state index contributed by atoms with van der Waals surface area (Å²) in [6.07, 6.45) is 0. The Balaban J connectivity index is 2.34. The van der Waals surface area contributed by atoms with Crippen LogP contribution in [0.25, 0.3) is 21.6 Å².